The van der Waals surface area contributed by atoms with Crippen LogP contribution in [0.2, 0.25) is 0 Å². The predicted octanol–water partition coefficient (Wildman–Crippen LogP) is 13.5. The Balaban J connectivity index is 1.01. The molecular formula is C58H52N2O3. The number of benzene rings is 8. The second-order valence-electron chi connectivity index (χ2n) is 16.7. The Kier molecular flexibility index (Phi) is 12.8. The van der Waals surface area contributed by atoms with Gasteiger partial charge in [0.1, 0.15) is 0 Å². The van der Waals surface area contributed by atoms with Crippen molar-refractivity contribution >= 4 is 5.91 Å². The van der Waals surface area contributed by atoms with E-state index >= 15 is 0 Å². The Morgan fingerprint density at radius 3 is 1.02 bits per heavy atom. The lowest BCUT2D eigenvalue weighted by Crippen LogP contribution is -2.54. The van der Waals surface area contributed by atoms with Gasteiger partial charge in [-0.2, -0.15) is 5.06 Å². The van der Waals surface area contributed by atoms with Gasteiger partial charge < -0.3 is 5.21 Å². The van der Waals surface area contributed by atoms with Crippen molar-refractivity contribution < 1.29 is 15.2 Å². The van der Waals surface area contributed by atoms with Crippen LogP contribution >= 0.6 is 0 Å². The van der Waals surface area contributed by atoms with Crippen LogP contribution in [0.25, 0.3) is 44.5 Å². The molecule has 8 aromatic carbocycles. The van der Waals surface area contributed by atoms with Crippen LogP contribution < -0.4 is 0 Å². The molecule has 2 N–H and O–H groups in total. The van der Waals surface area contributed by atoms with Gasteiger partial charge in [0.15, 0.2) is 0 Å². The largest absolute Gasteiger partial charge is 0.314 e. The topological polar surface area (TPSA) is 64.0 Å². The lowest BCUT2D eigenvalue weighted by atomic mass is 9.85. The molecule has 63 heavy (non-hydrogen) atoms. The summed E-state index contributed by atoms with van der Waals surface area (Å²) in [6.07, 6.45) is 2.93. The summed E-state index contributed by atoms with van der Waals surface area (Å²) in [7, 11) is 0. The van der Waals surface area contributed by atoms with Crippen molar-refractivity contribution in [3.63, 3.8) is 0 Å². The maximum Gasteiger partial charge on any atom is 0.258 e. The van der Waals surface area contributed by atoms with Gasteiger partial charge in [-0.3, -0.25) is 10.0 Å². The van der Waals surface area contributed by atoms with E-state index in [4.69, 9.17) is 0 Å². The molecule has 1 aliphatic rings. The molecule has 1 amide bonds. The molecule has 8 aromatic rings. The number of nitrogens with zero attached hydrogens (tertiary/aromatic N) is 2. The van der Waals surface area contributed by atoms with E-state index in [9.17, 15) is 15.2 Å². The third kappa shape index (κ3) is 9.47. The molecule has 0 heterocycles. The quantitative estimate of drug-likeness (QED) is 0.0898. The fourth-order valence-corrected chi connectivity index (χ4v) is 9.30. The van der Waals surface area contributed by atoms with Gasteiger partial charge in [0, 0.05) is 12.5 Å². The predicted molar refractivity (Wildman–Crippen MR) is 254 cm³/mol. The minimum Gasteiger partial charge on any atom is -0.314 e. The van der Waals surface area contributed by atoms with Gasteiger partial charge in [-0.25, -0.2) is 5.06 Å². The van der Waals surface area contributed by atoms with E-state index in [1.165, 1.54) is 5.06 Å². The van der Waals surface area contributed by atoms with Crippen molar-refractivity contribution in [2.24, 2.45) is 0 Å². The molecule has 0 spiro atoms. The zero-order valence-electron chi connectivity index (χ0n) is 35.3. The van der Waals surface area contributed by atoms with E-state index in [0.717, 1.165) is 84.7 Å². The number of amides is 1. The molecule has 2 atom stereocenters. The number of rotatable bonds is 13. The summed E-state index contributed by atoms with van der Waals surface area (Å²) < 4.78 is 0. The second kappa shape index (κ2) is 19.4. The minimum absolute atomic E-state index is 0.186. The summed E-state index contributed by atoms with van der Waals surface area (Å²) in [5.41, 5.74) is 12.5. The summed E-state index contributed by atoms with van der Waals surface area (Å²) in [6.45, 7) is 0.282. The molecule has 312 valence electrons. The van der Waals surface area contributed by atoms with Crippen LogP contribution in [0.15, 0.2) is 218 Å². The monoisotopic (exact) mass is 824 g/mol. The molecular weight excluding hydrogens is 773 g/mol. The standard InChI is InChI=1S/C58H52N2O3/c61-58(57(52-37-29-48(30-38-52)44-19-9-3-10-20-44)53-39-31-49(32-40-53)45-21-11-4-12-22-45)60(63)56-24-14-13-23-55(56)59(62)41-54(50-33-25-46(26-34-50)42-15-5-1-6-16-42)51-35-27-47(28-36-51)43-17-7-2-8-18-43/h1-12,15-22,25-40,54-57,62-63H,13-14,23-24,41H2/t55?,56-/m1/s1. The molecule has 0 aromatic heterocycles. The average molecular weight is 825 g/mol. The van der Waals surface area contributed by atoms with E-state index in [-0.39, 0.29) is 12.5 Å². The van der Waals surface area contributed by atoms with Gasteiger partial charge in [-0.15, -0.1) is 0 Å². The maximum absolute atomic E-state index is 15.0. The summed E-state index contributed by atoms with van der Waals surface area (Å²) in [6, 6.07) is 73.3. The zero-order valence-corrected chi connectivity index (χ0v) is 35.3. The normalized spacial score (nSPS) is 15.1. The summed E-state index contributed by atoms with van der Waals surface area (Å²) in [4.78, 5) is 15.0. The van der Waals surface area contributed by atoms with E-state index in [2.05, 4.69) is 97.1 Å². The summed E-state index contributed by atoms with van der Waals surface area (Å²) in [5, 5.41) is 26.8. The lowest BCUT2D eigenvalue weighted by molar-refractivity contribution is -0.211. The highest BCUT2D eigenvalue weighted by Gasteiger charge is 2.40. The Hall–Kier alpha value is -6.89. The van der Waals surface area contributed by atoms with Crippen molar-refractivity contribution in [3.8, 4) is 44.5 Å². The highest BCUT2D eigenvalue weighted by atomic mass is 16.5. The Bertz CT molecular complexity index is 2510. The first-order valence-corrected chi connectivity index (χ1v) is 22.1. The first-order valence-electron chi connectivity index (χ1n) is 22.1. The number of carbonyl (C=O) groups is 1. The van der Waals surface area contributed by atoms with E-state index in [1.54, 1.807) is 0 Å². The van der Waals surface area contributed by atoms with Crippen LogP contribution in [-0.4, -0.2) is 45.1 Å². The van der Waals surface area contributed by atoms with Crippen molar-refractivity contribution in [2.45, 2.75) is 49.6 Å². The molecule has 1 unspecified atom stereocenters. The van der Waals surface area contributed by atoms with Crippen molar-refractivity contribution in [3.05, 3.63) is 241 Å². The minimum atomic E-state index is -0.765. The fourth-order valence-electron chi connectivity index (χ4n) is 9.30. The van der Waals surface area contributed by atoms with E-state index < -0.39 is 23.9 Å². The molecule has 1 aliphatic carbocycles. The highest BCUT2D eigenvalue weighted by Crippen LogP contribution is 2.36. The van der Waals surface area contributed by atoms with Crippen LogP contribution in [0.4, 0.5) is 0 Å². The van der Waals surface area contributed by atoms with Gasteiger partial charge in [-0.1, -0.05) is 231 Å². The summed E-state index contributed by atoms with van der Waals surface area (Å²) >= 11 is 0. The van der Waals surface area contributed by atoms with Gasteiger partial charge >= 0.3 is 0 Å². The maximum atomic E-state index is 15.0. The van der Waals surface area contributed by atoms with Crippen LogP contribution in [-0.2, 0) is 4.79 Å². The molecule has 5 heteroatoms. The lowest BCUT2D eigenvalue weighted by Gasteiger charge is -2.41. The van der Waals surface area contributed by atoms with Gasteiger partial charge in [-0.05, 0) is 79.6 Å². The first kappa shape index (κ1) is 41.5. The zero-order chi connectivity index (χ0) is 43.0. The molecule has 5 nitrogen and oxygen atoms in total. The molecule has 1 saturated carbocycles. The smallest absolute Gasteiger partial charge is 0.258 e. The van der Waals surface area contributed by atoms with Gasteiger partial charge in [0.05, 0.1) is 18.0 Å². The SMILES string of the molecule is O=C(C(c1ccc(-c2ccccc2)cc1)c1ccc(-c2ccccc2)cc1)N(O)[C@@H]1CCCCC1N(O)CC(c1ccc(-c2ccccc2)cc1)c1ccc(-c2ccccc2)cc1. The van der Waals surface area contributed by atoms with E-state index in [0.29, 0.717) is 12.8 Å². The molecule has 0 radical (unpaired) electrons. The van der Waals surface area contributed by atoms with Crippen LogP contribution in [0, 0.1) is 0 Å². The second-order valence-corrected chi connectivity index (χ2v) is 16.7. The molecule has 0 aliphatic heterocycles. The third-order valence-electron chi connectivity index (χ3n) is 12.8. The van der Waals surface area contributed by atoms with Crippen molar-refractivity contribution in [2.75, 3.05) is 6.54 Å². The number of carbonyl (C=O) groups excluding carboxylic acids is 1. The number of hydroxylamine groups is 4. The third-order valence-corrected chi connectivity index (χ3v) is 12.8. The van der Waals surface area contributed by atoms with Gasteiger partial charge in [0.25, 0.3) is 5.91 Å². The van der Waals surface area contributed by atoms with E-state index in [1.807, 2.05) is 121 Å². The Morgan fingerprint density at radius 1 is 0.397 bits per heavy atom. The Morgan fingerprint density at radius 2 is 0.683 bits per heavy atom. The molecule has 0 bridgehead atoms. The van der Waals surface area contributed by atoms with Crippen molar-refractivity contribution in [1.29, 1.82) is 0 Å². The molecule has 0 saturated heterocycles. The van der Waals surface area contributed by atoms with Crippen LogP contribution in [0.1, 0.15) is 59.8 Å². The molecule has 1 fully saturated rings. The Labute approximate surface area is 371 Å². The molecule has 9 rings (SSSR count). The first-order chi connectivity index (χ1) is 31.0. The van der Waals surface area contributed by atoms with Crippen molar-refractivity contribution in [1.82, 2.24) is 10.1 Å². The highest BCUT2D eigenvalue weighted by molar-refractivity contribution is 5.87. The van der Waals surface area contributed by atoms with Crippen LogP contribution in [0.5, 0.6) is 0 Å². The fraction of sp³-hybridized carbons (Fsp3) is 0.155. The average Bonchev–Trinajstić information content (AvgIpc) is 3.37. The van der Waals surface area contributed by atoms with Gasteiger partial charge in [0.2, 0.25) is 0 Å². The van der Waals surface area contributed by atoms with Crippen LogP contribution in [0.3, 0.4) is 0 Å². The number of hydrogen-bond donors (Lipinski definition) is 2. The number of hydrogen-bond acceptors (Lipinski definition) is 4. The summed E-state index contributed by atoms with van der Waals surface area (Å²) in [5.74, 6) is -1.36.